The number of alkyl halides is 3. The minimum atomic E-state index is -5.88. The fourth-order valence-corrected chi connectivity index (χ4v) is 10.6. The second kappa shape index (κ2) is 23.6. The molecule has 23 nitrogen and oxygen atoms in total. The smallest absolute Gasteiger partial charge is 0.458 e. The molecule has 5 aliphatic rings. The summed E-state index contributed by atoms with van der Waals surface area (Å²) < 4.78 is 124. The first-order valence-electron chi connectivity index (χ1n) is 28.9. The van der Waals surface area contributed by atoms with Gasteiger partial charge in [-0.25, -0.2) is 29.5 Å². The molecule has 2 aromatic carbocycles. The highest BCUT2D eigenvalue weighted by Crippen LogP contribution is 2.44. The van der Waals surface area contributed by atoms with Gasteiger partial charge in [-0.05, 0) is 169 Å². The van der Waals surface area contributed by atoms with Gasteiger partial charge in [-0.1, -0.05) is 13.5 Å². The molecule has 480 valence electrons. The summed E-state index contributed by atoms with van der Waals surface area (Å²) in [6.07, 6.45) is 8.59. The molecule has 6 aromatic rings. The van der Waals surface area contributed by atoms with Gasteiger partial charge in [0.15, 0.2) is 35.2 Å². The van der Waals surface area contributed by atoms with Crippen molar-refractivity contribution in [3.8, 4) is 28.3 Å². The number of nitrogens with one attached hydrogen (secondary N) is 2. The van der Waals surface area contributed by atoms with Crippen LogP contribution in [0.1, 0.15) is 158 Å². The zero-order valence-electron chi connectivity index (χ0n) is 52.6. The highest BCUT2D eigenvalue weighted by Gasteiger charge is 2.64. The van der Waals surface area contributed by atoms with Crippen LogP contribution in [0, 0.1) is 0 Å². The Morgan fingerprint density at radius 1 is 0.580 bits per heavy atom. The molecule has 0 aliphatic carbocycles. The van der Waals surface area contributed by atoms with Crippen molar-refractivity contribution in [3.63, 3.8) is 0 Å². The van der Waals surface area contributed by atoms with E-state index in [1.807, 2.05) is 121 Å². The number of hydrogen-bond acceptors (Lipinski definition) is 21. The van der Waals surface area contributed by atoms with Crippen LogP contribution in [0.5, 0.6) is 5.75 Å². The van der Waals surface area contributed by atoms with E-state index in [-0.39, 0.29) is 58.9 Å². The van der Waals surface area contributed by atoms with Crippen LogP contribution < -0.4 is 19.4 Å². The number of ether oxygens (including phenoxy) is 2. The molecule has 11 rings (SSSR count). The summed E-state index contributed by atoms with van der Waals surface area (Å²) >= 11 is 0. The van der Waals surface area contributed by atoms with Gasteiger partial charge in [-0.3, -0.25) is 0 Å². The first kappa shape index (κ1) is 67.8. The summed E-state index contributed by atoms with van der Waals surface area (Å²) in [5.41, 5.74) is -4.83. The van der Waals surface area contributed by atoms with Gasteiger partial charge in [-0.2, -0.15) is 21.6 Å². The SMILES string of the molecule is C.CC(C)(C)OC(=O)C1CCCN1c1ncc(-c2ccc(B3OC(C)(C)C(C)(C)O3)c3ncoc23)[nH]1.CC(C)(C)OC(=O)C1CCCN1c1ncc(-c2ccc(OS(=O)(=O)C(F)(F)F)c3ncoc23)[nH]1.CC1(C)OB(B2OC(C)(C)C(C)(C)O2)OC1(C)C. The molecule has 0 spiro atoms. The maximum Gasteiger partial charge on any atom is 0.534 e. The summed E-state index contributed by atoms with van der Waals surface area (Å²) in [7, 11) is -7.38. The van der Waals surface area contributed by atoms with E-state index in [9.17, 15) is 31.2 Å². The van der Waals surface area contributed by atoms with Gasteiger partial charge in [0.25, 0.3) is 0 Å². The van der Waals surface area contributed by atoms with Gasteiger partial charge in [0.05, 0.1) is 57.4 Å². The topological polar surface area (TPSA) is 267 Å². The van der Waals surface area contributed by atoms with E-state index in [1.54, 1.807) is 31.9 Å². The van der Waals surface area contributed by atoms with Crippen molar-refractivity contribution in [1.29, 1.82) is 0 Å². The lowest BCUT2D eigenvalue weighted by atomic mass is 9.49. The summed E-state index contributed by atoms with van der Waals surface area (Å²) in [5, 5.41) is 0. The van der Waals surface area contributed by atoms with Gasteiger partial charge >= 0.3 is 48.7 Å². The van der Waals surface area contributed by atoms with E-state index in [1.165, 1.54) is 18.7 Å². The van der Waals surface area contributed by atoms with Crippen molar-refractivity contribution in [2.24, 2.45) is 0 Å². The Kier molecular flexibility index (Phi) is 18.2. The van der Waals surface area contributed by atoms with Crippen molar-refractivity contribution in [2.75, 3.05) is 22.9 Å². The highest BCUT2D eigenvalue weighted by atomic mass is 32.2. The molecule has 2 unspecified atom stereocenters. The lowest BCUT2D eigenvalue weighted by Crippen LogP contribution is -2.41. The molecule has 5 saturated heterocycles. The molecular weight excluding hydrogens is 1170 g/mol. The average Bonchev–Trinajstić information content (AvgIpc) is 1.72. The van der Waals surface area contributed by atoms with Crippen molar-refractivity contribution >= 4 is 82.8 Å². The molecule has 4 aromatic heterocycles. The predicted octanol–water partition coefficient (Wildman–Crippen LogP) is 10.5. The molecule has 0 radical (unpaired) electrons. The van der Waals surface area contributed by atoms with Crippen LogP contribution in [-0.4, -0.2) is 147 Å². The minimum absolute atomic E-state index is 0. The Morgan fingerprint density at radius 2 is 0.955 bits per heavy atom. The van der Waals surface area contributed by atoms with E-state index in [0.717, 1.165) is 55.0 Å². The maximum atomic E-state index is 12.8. The standard InChI is InChI=1S/C25H33BN4O5.C20H21F3N4O6S.C12H24B2O4.CH4/c1-23(2,3)33-21(31)18-9-8-12-30(18)22-27-13-17(29-22)15-10-11-16(19-20(15)32-14-28-19)26-34-24(4,5)25(6,7)35-26;1-19(2,3)32-17(28)13-5-4-8-27(13)18-24-9-12(26-18)11-6-7-14(15-16(11)31-10-25-15)33-34(29,30)20(21,22)23;1-9(2)10(3,4)16-13(15-9)14-17-11(5,6)12(7,8)18-14;/h10-11,13-14,18H,8-9,12H2,1-7H3,(H,27,29);6-7,9-10,13H,4-5,8H2,1-3H3,(H,24,26);1-8H3;1H4. The minimum Gasteiger partial charge on any atom is -0.458 e. The Balaban J connectivity index is 0.000000179. The third-order valence-electron chi connectivity index (χ3n) is 16.8. The second-order valence-electron chi connectivity index (χ2n) is 27.2. The average molecular weight is 1250 g/mol. The Morgan fingerprint density at radius 3 is 1.35 bits per heavy atom. The maximum absolute atomic E-state index is 12.8. The lowest BCUT2D eigenvalue weighted by Gasteiger charge is -2.32. The number of hydrogen-bond donors (Lipinski definition) is 2. The van der Waals surface area contributed by atoms with Crippen LogP contribution >= 0.6 is 0 Å². The van der Waals surface area contributed by atoms with Crippen molar-refractivity contribution < 1.29 is 81.6 Å². The number of imidazole rings is 2. The van der Waals surface area contributed by atoms with E-state index < -0.39 is 71.0 Å². The van der Waals surface area contributed by atoms with E-state index in [4.69, 9.17) is 46.2 Å². The van der Waals surface area contributed by atoms with Crippen molar-refractivity contribution in [3.05, 3.63) is 49.4 Å². The monoisotopic (exact) mass is 1250 g/mol. The Bertz CT molecular complexity index is 3540. The zero-order valence-corrected chi connectivity index (χ0v) is 53.4. The number of nitrogens with zero attached hydrogens (tertiary/aromatic N) is 6. The quantitative estimate of drug-likeness (QED) is 0.0558. The van der Waals surface area contributed by atoms with Gasteiger partial charge in [-0.15, -0.1) is 0 Å². The number of oxazole rings is 2. The predicted molar refractivity (Wildman–Crippen MR) is 326 cm³/mol. The van der Waals surface area contributed by atoms with Crippen LogP contribution in [0.4, 0.5) is 25.1 Å². The van der Waals surface area contributed by atoms with E-state index in [2.05, 4.69) is 34.1 Å². The van der Waals surface area contributed by atoms with Gasteiger partial charge in [0.2, 0.25) is 11.9 Å². The molecule has 2 N–H and O–H groups in total. The Hall–Kier alpha value is -6.17. The van der Waals surface area contributed by atoms with Gasteiger partial charge < -0.3 is 70.2 Å². The molecule has 5 aliphatic heterocycles. The first-order chi connectivity index (χ1) is 40.0. The molecule has 9 heterocycles. The zero-order chi connectivity index (χ0) is 64.0. The van der Waals surface area contributed by atoms with Crippen molar-refractivity contribution in [2.45, 2.75) is 220 Å². The normalized spacial score (nSPS) is 21.9. The summed E-state index contributed by atoms with van der Waals surface area (Å²) in [4.78, 5) is 52.8. The summed E-state index contributed by atoms with van der Waals surface area (Å²) in [6.45, 7) is 36.6. The number of H-pyrrole nitrogens is 2. The van der Waals surface area contributed by atoms with Crippen LogP contribution in [0.3, 0.4) is 0 Å². The molecule has 88 heavy (non-hydrogen) atoms. The number of halogens is 3. The fourth-order valence-electron chi connectivity index (χ4n) is 10.2. The van der Waals surface area contributed by atoms with Crippen LogP contribution in [0.15, 0.2) is 58.3 Å². The van der Waals surface area contributed by atoms with Crippen LogP contribution in [-0.2, 0) is 57.1 Å². The molecular formula is C58H82B3F3N8O15S. The number of benzene rings is 2. The molecule has 0 saturated carbocycles. The molecule has 5 fully saturated rings. The first-order valence-corrected chi connectivity index (χ1v) is 30.3. The molecule has 30 heteroatoms. The molecule has 0 bridgehead atoms. The lowest BCUT2D eigenvalue weighted by molar-refractivity contribution is -0.157. The number of esters is 2. The largest absolute Gasteiger partial charge is 0.534 e. The second-order valence-corrected chi connectivity index (χ2v) is 28.7. The summed E-state index contributed by atoms with van der Waals surface area (Å²) in [6, 6.07) is 5.41. The number of fused-ring (bicyclic) bond motifs is 2. The number of rotatable bonds is 10. The third-order valence-corrected chi connectivity index (χ3v) is 17.8. The number of carbonyl (C=O) groups excluding carboxylic acids is 2. The number of anilines is 2. The summed E-state index contributed by atoms with van der Waals surface area (Å²) in [5.74, 6) is -0.188. The van der Waals surface area contributed by atoms with Gasteiger partial charge in [0, 0.05) is 29.7 Å². The van der Waals surface area contributed by atoms with E-state index in [0.29, 0.717) is 47.2 Å². The third kappa shape index (κ3) is 13.6. The van der Waals surface area contributed by atoms with Gasteiger partial charge in [0.1, 0.15) is 28.8 Å². The van der Waals surface area contributed by atoms with Crippen LogP contribution in [0.2, 0.25) is 0 Å². The van der Waals surface area contributed by atoms with Crippen LogP contribution in [0.25, 0.3) is 44.7 Å². The number of aromatic nitrogens is 6. The molecule has 0 amide bonds. The van der Waals surface area contributed by atoms with E-state index >= 15 is 0 Å². The number of carbonyl (C=O) groups is 2. The fraction of sp³-hybridized carbons (Fsp3) is 0.621. The highest BCUT2D eigenvalue weighted by molar-refractivity contribution is 7.88. The Labute approximate surface area is 513 Å². The molecule has 2 atom stereocenters. The number of aromatic amines is 2. The van der Waals surface area contributed by atoms with Crippen molar-refractivity contribution in [1.82, 2.24) is 29.9 Å².